The zero-order chi connectivity index (χ0) is 47.3. The van der Waals surface area contributed by atoms with Crippen molar-refractivity contribution in [1.29, 1.82) is 0 Å². The van der Waals surface area contributed by atoms with Crippen molar-refractivity contribution in [3.05, 3.63) is 24.3 Å². The number of esters is 2. The predicted octanol–water partition coefficient (Wildman–Crippen LogP) is 10.6. The van der Waals surface area contributed by atoms with E-state index in [0.29, 0.717) is 32.1 Å². The Labute approximate surface area is 387 Å². The molecule has 64 heavy (non-hydrogen) atoms. The monoisotopic (exact) mass is 931 g/mol. The lowest BCUT2D eigenvalue weighted by molar-refractivity contribution is -0.161. The molecule has 0 aromatic rings. The highest BCUT2D eigenvalue weighted by molar-refractivity contribution is 7.47. The average Bonchev–Trinajstić information content (AvgIpc) is 3.53. The lowest BCUT2D eigenvalue weighted by Crippen LogP contribution is -2.29. The normalized spacial score (nSPS) is 19.1. The zero-order valence-corrected chi connectivity index (χ0v) is 41.0. The molecule has 0 aromatic heterocycles. The molecule has 0 radical (unpaired) electrons. The zero-order valence-electron chi connectivity index (χ0n) is 40.1. The Morgan fingerprint density at radius 1 is 0.719 bits per heavy atom. The van der Waals surface area contributed by atoms with Crippen molar-refractivity contribution >= 4 is 25.5 Å². The number of allylic oxidation sites excluding steroid dienone is 3. The molecule has 0 aliphatic heterocycles. The van der Waals surface area contributed by atoms with Crippen LogP contribution < -0.4 is 0 Å². The van der Waals surface area contributed by atoms with Gasteiger partial charge in [-0.1, -0.05) is 180 Å². The third-order valence-corrected chi connectivity index (χ3v) is 12.9. The summed E-state index contributed by atoms with van der Waals surface area (Å²) in [4.78, 5) is 47.9. The first kappa shape index (κ1) is 60.1. The molecule has 5 N–H and O–H groups in total. The number of hydrogen-bond donors (Lipinski definition) is 5. The van der Waals surface area contributed by atoms with Crippen molar-refractivity contribution in [3.8, 4) is 0 Å². The highest BCUT2D eigenvalue weighted by Gasteiger charge is 2.39. The molecular weight excluding hydrogens is 840 g/mol. The fourth-order valence-corrected chi connectivity index (χ4v) is 8.72. The summed E-state index contributed by atoms with van der Waals surface area (Å²) in [6.45, 7) is 4.35. The molecular formula is C50H91O13P. The van der Waals surface area contributed by atoms with Crippen LogP contribution >= 0.6 is 7.82 Å². The Morgan fingerprint density at radius 3 is 1.81 bits per heavy atom. The van der Waals surface area contributed by atoms with E-state index in [1.807, 2.05) is 12.2 Å². The lowest BCUT2D eigenvalue weighted by atomic mass is 9.90. The molecule has 1 fully saturated rings. The first-order valence-electron chi connectivity index (χ1n) is 25.3. The summed E-state index contributed by atoms with van der Waals surface area (Å²) in [6.07, 6.45) is 32.3. The molecule has 0 heterocycles. The van der Waals surface area contributed by atoms with Gasteiger partial charge in [0.2, 0.25) is 0 Å². The highest BCUT2D eigenvalue weighted by atomic mass is 31.2. The number of aliphatic hydroxyl groups excluding tert-OH is 4. The van der Waals surface area contributed by atoms with Gasteiger partial charge >= 0.3 is 19.8 Å². The number of carbonyl (C=O) groups excluding carboxylic acids is 3. The molecule has 1 aliphatic rings. The van der Waals surface area contributed by atoms with Crippen LogP contribution in [0.2, 0.25) is 0 Å². The maximum Gasteiger partial charge on any atom is 0.472 e. The highest BCUT2D eigenvalue weighted by Crippen LogP contribution is 2.43. The summed E-state index contributed by atoms with van der Waals surface area (Å²) in [7, 11) is -4.70. The number of hydrogen-bond acceptors (Lipinski definition) is 12. The number of ether oxygens (including phenoxy) is 2. The lowest BCUT2D eigenvalue weighted by Gasteiger charge is -2.20. The quantitative estimate of drug-likeness (QED) is 0.0167. The van der Waals surface area contributed by atoms with E-state index in [9.17, 15) is 39.2 Å². The molecule has 13 nitrogen and oxygen atoms in total. The molecule has 1 rings (SSSR count). The van der Waals surface area contributed by atoms with E-state index < -0.39 is 76.5 Å². The van der Waals surface area contributed by atoms with Gasteiger partial charge in [-0.05, 0) is 38.0 Å². The third kappa shape index (κ3) is 33.5. The number of unbranched alkanes of at least 4 members (excludes halogenated alkanes) is 20. The maximum atomic E-state index is 12.8. The number of rotatable bonds is 43. The summed E-state index contributed by atoms with van der Waals surface area (Å²) < 4.78 is 32.8. The van der Waals surface area contributed by atoms with Crippen LogP contribution in [0.15, 0.2) is 24.3 Å². The average molecular weight is 931 g/mol. The van der Waals surface area contributed by atoms with Crippen LogP contribution in [0.25, 0.3) is 0 Å². The molecule has 1 unspecified atom stereocenters. The van der Waals surface area contributed by atoms with Gasteiger partial charge in [-0.3, -0.25) is 23.4 Å². The molecule has 0 amide bonds. The van der Waals surface area contributed by atoms with Gasteiger partial charge in [-0.2, -0.15) is 0 Å². The number of Topliss-reactive ketones (excluding diaryl/α,β-unsaturated/α-hetero) is 1. The minimum Gasteiger partial charge on any atom is -0.462 e. The summed E-state index contributed by atoms with van der Waals surface area (Å²) in [6, 6.07) is 0. The Balaban J connectivity index is 2.36. The standard InChI is InChI=1S/C50H91O13P/c1-4-5-24-30-42(52)34-35-46-45(47(54)36-48(46)55)31-26-22-23-28-33-50(57)63-44(40-62-64(58,59)61-38-43(53)37-51)39-60-49(56)32-27-21-19-17-15-13-11-9-7-6-8-10-12-14-16-18-20-25-29-41(2)3/h22,26,34-35,41-47,51-54H,4-21,23-25,27-33,36-40H2,1-3H3,(H,58,59)/b26-22-,35-34+/t42-,43-,44+,45+,46+,47-/m0/s1. The Kier molecular flexibility index (Phi) is 36.7. The Hall–Kier alpha value is -1.96. The van der Waals surface area contributed by atoms with Crippen molar-refractivity contribution < 1.29 is 62.8 Å². The second-order valence-electron chi connectivity index (χ2n) is 18.5. The van der Waals surface area contributed by atoms with E-state index in [4.69, 9.17) is 19.1 Å². The molecule has 1 aliphatic carbocycles. The van der Waals surface area contributed by atoms with Gasteiger partial charge in [0.05, 0.1) is 32.0 Å². The van der Waals surface area contributed by atoms with E-state index in [2.05, 4.69) is 25.3 Å². The predicted molar refractivity (Wildman–Crippen MR) is 252 cm³/mol. The van der Waals surface area contributed by atoms with Gasteiger partial charge in [-0.25, -0.2) is 4.57 Å². The Bertz CT molecular complexity index is 1290. The van der Waals surface area contributed by atoms with Gasteiger partial charge in [-0.15, -0.1) is 0 Å². The van der Waals surface area contributed by atoms with Crippen LogP contribution in [0.4, 0.5) is 0 Å². The Morgan fingerprint density at radius 2 is 1.25 bits per heavy atom. The van der Waals surface area contributed by atoms with Crippen LogP contribution in [0.5, 0.6) is 0 Å². The van der Waals surface area contributed by atoms with E-state index in [0.717, 1.165) is 44.4 Å². The van der Waals surface area contributed by atoms with Crippen LogP contribution in [-0.4, -0.2) is 93.9 Å². The van der Waals surface area contributed by atoms with Crippen LogP contribution in [-0.2, 0) is 37.5 Å². The summed E-state index contributed by atoms with van der Waals surface area (Å²) >= 11 is 0. The molecule has 14 heteroatoms. The first-order valence-corrected chi connectivity index (χ1v) is 26.7. The van der Waals surface area contributed by atoms with Crippen molar-refractivity contribution in [2.24, 2.45) is 17.8 Å². The van der Waals surface area contributed by atoms with Crippen LogP contribution in [0.3, 0.4) is 0 Å². The molecule has 0 aromatic carbocycles. The van der Waals surface area contributed by atoms with E-state index in [1.54, 1.807) is 12.2 Å². The van der Waals surface area contributed by atoms with Gasteiger partial charge in [0, 0.05) is 31.1 Å². The SMILES string of the molecule is CCCCC[C@H](O)/C=C/[C@H]1C(=O)C[C@H](O)[C@@H]1C/C=C\CCCC(=O)O[C@H](COC(=O)CCCCCCCCCCCCCCCCCCCCC(C)C)COP(=O)(O)OC[C@@H](O)CO. The third-order valence-electron chi connectivity index (χ3n) is 11.9. The van der Waals surface area contributed by atoms with Gasteiger partial charge in [0.1, 0.15) is 18.5 Å². The molecule has 0 bridgehead atoms. The summed E-state index contributed by atoms with van der Waals surface area (Å²) in [5.74, 6) is -1.09. The number of phosphoric ester groups is 1. The molecule has 0 saturated heterocycles. The minimum atomic E-state index is -4.70. The smallest absolute Gasteiger partial charge is 0.462 e. The molecule has 374 valence electrons. The number of ketones is 1. The minimum absolute atomic E-state index is 0.00436. The van der Waals surface area contributed by atoms with Crippen LogP contribution in [0.1, 0.15) is 207 Å². The van der Waals surface area contributed by atoms with E-state index >= 15 is 0 Å². The molecule has 7 atom stereocenters. The summed E-state index contributed by atoms with van der Waals surface area (Å²) in [5.41, 5.74) is 0. The summed E-state index contributed by atoms with van der Waals surface area (Å²) in [5, 5.41) is 39.2. The van der Waals surface area contributed by atoms with E-state index in [-0.39, 0.29) is 31.0 Å². The van der Waals surface area contributed by atoms with Gasteiger partial charge in [0.25, 0.3) is 0 Å². The maximum absolute atomic E-state index is 12.8. The second-order valence-corrected chi connectivity index (χ2v) is 19.9. The van der Waals surface area contributed by atoms with Crippen molar-refractivity contribution in [3.63, 3.8) is 0 Å². The van der Waals surface area contributed by atoms with Crippen molar-refractivity contribution in [2.45, 2.75) is 231 Å². The topological polar surface area (TPSA) is 206 Å². The largest absolute Gasteiger partial charge is 0.472 e. The van der Waals surface area contributed by atoms with Crippen molar-refractivity contribution in [1.82, 2.24) is 0 Å². The van der Waals surface area contributed by atoms with Crippen molar-refractivity contribution in [2.75, 3.05) is 26.4 Å². The fraction of sp³-hybridized carbons (Fsp3) is 0.860. The van der Waals surface area contributed by atoms with E-state index in [1.165, 1.54) is 96.3 Å². The van der Waals surface area contributed by atoms with Gasteiger partial charge in [0.15, 0.2) is 6.10 Å². The van der Waals surface area contributed by atoms with Gasteiger partial charge < -0.3 is 34.8 Å². The molecule has 0 spiro atoms. The fourth-order valence-electron chi connectivity index (χ4n) is 7.93. The number of carbonyl (C=O) groups is 3. The first-order chi connectivity index (χ1) is 30.8. The second kappa shape index (κ2) is 39.1. The number of phosphoric acid groups is 1. The molecule has 1 saturated carbocycles. The van der Waals surface area contributed by atoms with Crippen LogP contribution in [0, 0.1) is 17.8 Å². The number of aliphatic hydroxyl groups is 4.